The van der Waals surface area contributed by atoms with Crippen LogP contribution < -0.4 is 10.6 Å². The van der Waals surface area contributed by atoms with Crippen molar-refractivity contribution < 1.29 is 19.7 Å². The summed E-state index contributed by atoms with van der Waals surface area (Å²) in [6.07, 6.45) is 1.44. The van der Waals surface area contributed by atoms with Crippen LogP contribution in [0.25, 0.3) is 22.3 Å². The SMILES string of the molecule is CN(C)C(O)[C@H]1C[C@H](Nc2nc(-c3cc(F)ccc3O)nc3cc(CCCO)ccc23)CN1. The van der Waals surface area contributed by atoms with Crippen LogP contribution in [0.1, 0.15) is 18.4 Å². The molecule has 9 heteroatoms. The number of nitrogens with zero attached hydrogens (tertiary/aromatic N) is 3. The molecule has 3 aromatic rings. The average molecular weight is 456 g/mol. The van der Waals surface area contributed by atoms with Crippen LogP contribution >= 0.6 is 0 Å². The van der Waals surface area contributed by atoms with Crippen molar-refractivity contribution in [3.05, 3.63) is 47.8 Å². The Kier molecular flexibility index (Phi) is 7.04. The summed E-state index contributed by atoms with van der Waals surface area (Å²) in [5, 5.41) is 37.4. The second-order valence-electron chi connectivity index (χ2n) is 8.70. The van der Waals surface area contributed by atoms with Crippen LogP contribution in [0.3, 0.4) is 0 Å². The van der Waals surface area contributed by atoms with Gasteiger partial charge in [-0.3, -0.25) is 4.90 Å². The first-order chi connectivity index (χ1) is 15.9. The number of fused-ring (bicyclic) bond motifs is 1. The number of phenolic OH excluding ortho intramolecular Hbond substituents is 1. The highest BCUT2D eigenvalue weighted by atomic mass is 19.1. The smallest absolute Gasteiger partial charge is 0.165 e. The van der Waals surface area contributed by atoms with Gasteiger partial charge in [0.15, 0.2) is 5.82 Å². The van der Waals surface area contributed by atoms with E-state index >= 15 is 0 Å². The Hall–Kier alpha value is -2.85. The van der Waals surface area contributed by atoms with Crippen molar-refractivity contribution in [3.63, 3.8) is 0 Å². The number of hydrogen-bond donors (Lipinski definition) is 5. The molecule has 1 fully saturated rings. The second kappa shape index (κ2) is 9.96. The zero-order valence-corrected chi connectivity index (χ0v) is 18.8. The lowest BCUT2D eigenvalue weighted by atomic mass is 10.1. The number of aromatic hydroxyl groups is 1. The number of aryl methyl sites for hydroxylation is 1. The second-order valence-corrected chi connectivity index (χ2v) is 8.70. The molecule has 1 aromatic heterocycles. The molecule has 1 aliphatic rings. The maximum absolute atomic E-state index is 13.9. The van der Waals surface area contributed by atoms with Gasteiger partial charge < -0.3 is 26.0 Å². The molecular formula is C24H30FN5O3. The molecule has 0 amide bonds. The quantitative estimate of drug-likeness (QED) is 0.328. The van der Waals surface area contributed by atoms with Gasteiger partial charge in [-0.05, 0) is 69.3 Å². The van der Waals surface area contributed by atoms with Crippen molar-refractivity contribution in [2.45, 2.75) is 37.6 Å². The number of aromatic nitrogens is 2. The maximum Gasteiger partial charge on any atom is 0.165 e. The first kappa shape index (κ1) is 23.3. The molecule has 5 N–H and O–H groups in total. The molecule has 0 spiro atoms. The molecular weight excluding hydrogens is 425 g/mol. The Bertz CT molecular complexity index is 1130. The minimum atomic E-state index is -0.604. The van der Waals surface area contributed by atoms with Crippen molar-refractivity contribution in [1.82, 2.24) is 20.2 Å². The van der Waals surface area contributed by atoms with E-state index in [1.165, 1.54) is 18.2 Å². The molecule has 0 radical (unpaired) electrons. The molecule has 2 aromatic carbocycles. The van der Waals surface area contributed by atoms with Crippen molar-refractivity contribution in [1.29, 1.82) is 0 Å². The van der Waals surface area contributed by atoms with E-state index in [9.17, 15) is 14.6 Å². The van der Waals surface area contributed by atoms with Crippen LogP contribution in [-0.2, 0) is 6.42 Å². The van der Waals surface area contributed by atoms with Crippen molar-refractivity contribution in [3.8, 4) is 17.1 Å². The third kappa shape index (κ3) is 5.22. The molecule has 1 aliphatic heterocycles. The Morgan fingerprint density at radius 3 is 2.79 bits per heavy atom. The van der Waals surface area contributed by atoms with Gasteiger partial charge in [-0.1, -0.05) is 6.07 Å². The van der Waals surface area contributed by atoms with Gasteiger partial charge in [0.1, 0.15) is 23.6 Å². The predicted octanol–water partition coefficient (Wildman–Crippen LogP) is 2.09. The van der Waals surface area contributed by atoms with Crippen LogP contribution in [0.4, 0.5) is 10.2 Å². The van der Waals surface area contributed by atoms with Crippen LogP contribution in [0.5, 0.6) is 5.75 Å². The van der Waals surface area contributed by atoms with Crippen LogP contribution in [0.2, 0.25) is 0 Å². The number of halogens is 1. The summed E-state index contributed by atoms with van der Waals surface area (Å²) >= 11 is 0. The molecule has 33 heavy (non-hydrogen) atoms. The number of aliphatic hydroxyl groups excluding tert-OH is 2. The Morgan fingerprint density at radius 1 is 1.21 bits per heavy atom. The first-order valence-electron chi connectivity index (χ1n) is 11.1. The minimum absolute atomic E-state index is 0.0192. The number of rotatable bonds is 8. The van der Waals surface area contributed by atoms with E-state index in [-0.39, 0.29) is 35.8 Å². The highest BCUT2D eigenvalue weighted by Crippen LogP contribution is 2.32. The average Bonchev–Trinajstić information content (AvgIpc) is 3.26. The van der Waals surface area contributed by atoms with Gasteiger partial charge in [-0.2, -0.15) is 0 Å². The number of hydrogen-bond acceptors (Lipinski definition) is 8. The summed E-state index contributed by atoms with van der Waals surface area (Å²) in [7, 11) is 3.66. The van der Waals surface area contributed by atoms with E-state index < -0.39 is 12.0 Å². The van der Waals surface area contributed by atoms with Gasteiger partial charge in [-0.15, -0.1) is 0 Å². The molecule has 176 valence electrons. The fraction of sp³-hybridized carbons (Fsp3) is 0.417. The van der Waals surface area contributed by atoms with Crippen LogP contribution in [0.15, 0.2) is 36.4 Å². The molecule has 4 rings (SSSR count). The number of aliphatic hydroxyl groups is 2. The normalized spacial score (nSPS) is 19.3. The van der Waals surface area contributed by atoms with Gasteiger partial charge in [0.05, 0.1) is 11.1 Å². The van der Waals surface area contributed by atoms with E-state index in [1.807, 2.05) is 32.3 Å². The Morgan fingerprint density at radius 2 is 2.03 bits per heavy atom. The van der Waals surface area contributed by atoms with Gasteiger partial charge >= 0.3 is 0 Å². The highest BCUT2D eigenvalue weighted by Gasteiger charge is 2.31. The molecule has 8 nitrogen and oxygen atoms in total. The van der Waals surface area contributed by atoms with Gasteiger partial charge in [-0.25, -0.2) is 14.4 Å². The number of nitrogens with one attached hydrogen (secondary N) is 2. The molecule has 3 atom stereocenters. The molecule has 0 saturated carbocycles. The summed E-state index contributed by atoms with van der Waals surface area (Å²) in [5.74, 6) is 0.212. The molecule has 1 saturated heterocycles. The number of benzene rings is 2. The molecule has 2 heterocycles. The van der Waals surface area contributed by atoms with Crippen molar-refractivity contribution in [2.24, 2.45) is 0 Å². The third-order valence-electron chi connectivity index (χ3n) is 5.98. The fourth-order valence-corrected chi connectivity index (χ4v) is 4.19. The lowest BCUT2D eigenvalue weighted by molar-refractivity contribution is 0.0128. The summed E-state index contributed by atoms with van der Waals surface area (Å²) in [5.41, 5.74) is 1.90. The van der Waals surface area contributed by atoms with Crippen molar-refractivity contribution in [2.75, 3.05) is 32.6 Å². The number of likely N-dealkylation sites (N-methyl/N-ethyl adjacent to an activating group) is 1. The Balaban J connectivity index is 1.71. The number of phenols is 1. The molecule has 0 bridgehead atoms. The summed E-state index contributed by atoms with van der Waals surface area (Å²) in [6.45, 7) is 0.752. The van der Waals surface area contributed by atoms with Gasteiger partial charge in [0.2, 0.25) is 0 Å². The van der Waals surface area contributed by atoms with Crippen LogP contribution in [0, 0.1) is 5.82 Å². The standard InChI is InChI=1S/C24H30FN5O3/c1-30(2)24(33)20-12-16(13-26-20)27-22-17-7-5-14(4-3-9-31)10-19(17)28-23(29-22)18-11-15(25)6-8-21(18)32/h5-8,10-11,16,20,24,26,31-33H,3-4,9,12-13H2,1-2H3,(H,27,28,29)/t16-,20+,24?/m0/s1. The first-order valence-corrected chi connectivity index (χ1v) is 11.1. The lowest BCUT2D eigenvalue weighted by Gasteiger charge is -2.24. The van der Waals surface area contributed by atoms with E-state index in [0.29, 0.717) is 37.1 Å². The minimum Gasteiger partial charge on any atom is -0.507 e. The topological polar surface area (TPSA) is 114 Å². The molecule has 0 aliphatic carbocycles. The lowest BCUT2D eigenvalue weighted by Crippen LogP contribution is -2.43. The predicted molar refractivity (Wildman–Crippen MR) is 126 cm³/mol. The summed E-state index contributed by atoms with van der Waals surface area (Å²) in [6, 6.07) is 9.49. The van der Waals surface area contributed by atoms with E-state index in [4.69, 9.17) is 5.11 Å². The highest BCUT2D eigenvalue weighted by molar-refractivity contribution is 5.91. The summed E-state index contributed by atoms with van der Waals surface area (Å²) in [4.78, 5) is 11.0. The van der Waals surface area contributed by atoms with E-state index in [2.05, 4.69) is 20.6 Å². The third-order valence-corrected chi connectivity index (χ3v) is 5.98. The zero-order chi connectivity index (χ0) is 23.5. The zero-order valence-electron chi connectivity index (χ0n) is 18.8. The van der Waals surface area contributed by atoms with Crippen LogP contribution in [-0.4, -0.2) is 75.7 Å². The number of anilines is 1. The maximum atomic E-state index is 13.9. The monoisotopic (exact) mass is 455 g/mol. The molecule has 1 unspecified atom stereocenters. The summed E-state index contributed by atoms with van der Waals surface area (Å²) < 4.78 is 13.9. The van der Waals surface area contributed by atoms with E-state index in [1.54, 1.807) is 4.90 Å². The Labute approximate surface area is 192 Å². The van der Waals surface area contributed by atoms with Gasteiger partial charge in [0, 0.05) is 30.6 Å². The van der Waals surface area contributed by atoms with Crippen molar-refractivity contribution >= 4 is 16.7 Å². The fourth-order valence-electron chi connectivity index (χ4n) is 4.19. The van der Waals surface area contributed by atoms with E-state index in [0.717, 1.165) is 10.9 Å². The van der Waals surface area contributed by atoms with Gasteiger partial charge in [0.25, 0.3) is 0 Å². The largest absolute Gasteiger partial charge is 0.507 e.